The molecular weight excluding hydrogens is 478 g/mol. The molecule has 4 aromatic rings. The summed E-state index contributed by atoms with van der Waals surface area (Å²) in [4.78, 5) is 33.1. The quantitative estimate of drug-likeness (QED) is 0.181. The third-order valence-electron chi connectivity index (χ3n) is 5.71. The molecule has 0 atom stereocenters. The van der Waals surface area contributed by atoms with Gasteiger partial charge in [-0.25, -0.2) is 4.98 Å². The van der Waals surface area contributed by atoms with Gasteiger partial charge < -0.3 is 4.74 Å². The van der Waals surface area contributed by atoms with Crippen molar-refractivity contribution in [1.82, 2.24) is 9.55 Å². The number of aryl methyl sites for hydroxylation is 2. The number of thioether (sulfide) groups is 1. The van der Waals surface area contributed by atoms with Gasteiger partial charge in [-0.15, -0.1) is 11.3 Å². The van der Waals surface area contributed by atoms with Gasteiger partial charge in [-0.05, 0) is 54.7 Å². The molecule has 0 radical (unpaired) electrons. The van der Waals surface area contributed by atoms with Crippen LogP contribution in [0.2, 0.25) is 0 Å². The van der Waals surface area contributed by atoms with E-state index in [1.165, 1.54) is 40.9 Å². The summed E-state index contributed by atoms with van der Waals surface area (Å²) in [6.07, 6.45) is 2.93. The van der Waals surface area contributed by atoms with E-state index in [1.807, 2.05) is 30.3 Å². The smallest absolute Gasteiger partial charge is 0.387 e. The van der Waals surface area contributed by atoms with Crippen LogP contribution in [-0.2, 0) is 19.4 Å². The number of carbonyl (C=O) groups excluding carboxylic acids is 1. The molecule has 0 saturated carbocycles. The standard InChI is InChI=1S/C25H20F2N2O3S2/c26-24(27)32-17-11-9-16(10-12-17)19(30)14-33-25-28-22-21(18-7-4-8-20(18)34-22)23(31)29(25)13-15-5-2-1-3-6-15/h1-3,5-6,9-12,24H,4,7-8,13-14H2. The number of nitrogens with zero attached hydrogens (tertiary/aromatic N) is 2. The van der Waals surface area contributed by atoms with Gasteiger partial charge in [0.25, 0.3) is 5.56 Å². The number of thiophene rings is 1. The molecule has 0 fully saturated rings. The highest BCUT2D eigenvalue weighted by Gasteiger charge is 2.24. The predicted molar refractivity (Wildman–Crippen MR) is 130 cm³/mol. The Hall–Kier alpha value is -3.04. The minimum Gasteiger partial charge on any atom is -0.435 e. The number of hydrogen-bond donors (Lipinski definition) is 0. The zero-order valence-corrected chi connectivity index (χ0v) is 19.6. The lowest BCUT2D eigenvalue weighted by Gasteiger charge is -2.12. The lowest BCUT2D eigenvalue weighted by atomic mass is 10.1. The first-order chi connectivity index (χ1) is 16.5. The molecule has 2 aromatic carbocycles. The summed E-state index contributed by atoms with van der Waals surface area (Å²) >= 11 is 2.78. The van der Waals surface area contributed by atoms with Gasteiger partial charge in [0.05, 0.1) is 17.7 Å². The SMILES string of the molecule is O=C(CSc1nc2sc3c(c2c(=O)n1Cc1ccccc1)CCC3)c1ccc(OC(F)F)cc1. The van der Waals surface area contributed by atoms with E-state index < -0.39 is 6.61 Å². The average molecular weight is 499 g/mol. The van der Waals surface area contributed by atoms with Crippen molar-refractivity contribution in [2.24, 2.45) is 0 Å². The van der Waals surface area contributed by atoms with Gasteiger partial charge in [0.1, 0.15) is 10.6 Å². The van der Waals surface area contributed by atoms with Crippen LogP contribution in [0.25, 0.3) is 10.2 Å². The molecule has 1 aliphatic rings. The van der Waals surface area contributed by atoms with Crippen molar-refractivity contribution in [3.63, 3.8) is 0 Å². The second-order valence-electron chi connectivity index (χ2n) is 7.92. The number of carbonyl (C=O) groups is 1. The van der Waals surface area contributed by atoms with Crippen molar-refractivity contribution in [2.45, 2.75) is 37.6 Å². The normalized spacial score (nSPS) is 12.9. The minimum atomic E-state index is -2.92. The molecule has 2 aromatic heterocycles. The number of Topliss-reactive ketones (excluding diaryl/α,β-unsaturated/α-hetero) is 1. The van der Waals surface area contributed by atoms with Gasteiger partial charge in [-0.1, -0.05) is 42.1 Å². The molecule has 0 amide bonds. The van der Waals surface area contributed by atoms with Gasteiger partial charge in [-0.3, -0.25) is 14.2 Å². The van der Waals surface area contributed by atoms with Crippen molar-refractivity contribution in [1.29, 1.82) is 0 Å². The number of ether oxygens (including phenoxy) is 1. The topological polar surface area (TPSA) is 61.2 Å². The van der Waals surface area contributed by atoms with Crippen molar-refractivity contribution >= 4 is 39.1 Å². The summed E-state index contributed by atoms with van der Waals surface area (Å²) in [5, 5.41) is 1.20. The third kappa shape index (κ3) is 4.63. The van der Waals surface area contributed by atoms with Gasteiger partial charge in [0, 0.05) is 10.4 Å². The van der Waals surface area contributed by atoms with Crippen molar-refractivity contribution in [3.05, 3.63) is 86.5 Å². The van der Waals surface area contributed by atoms with Crippen LogP contribution in [-0.4, -0.2) is 27.7 Å². The maximum absolute atomic E-state index is 13.6. The number of halogens is 2. The van der Waals surface area contributed by atoms with E-state index in [9.17, 15) is 18.4 Å². The average Bonchev–Trinajstić information content (AvgIpc) is 3.41. The van der Waals surface area contributed by atoms with E-state index >= 15 is 0 Å². The van der Waals surface area contributed by atoms with E-state index in [0.29, 0.717) is 22.7 Å². The molecule has 0 aliphatic heterocycles. The molecule has 34 heavy (non-hydrogen) atoms. The number of hydrogen-bond acceptors (Lipinski definition) is 6. The highest BCUT2D eigenvalue weighted by Crippen LogP contribution is 2.35. The van der Waals surface area contributed by atoms with E-state index in [2.05, 4.69) is 4.74 Å². The van der Waals surface area contributed by atoms with Crippen molar-refractivity contribution < 1.29 is 18.3 Å². The minimum absolute atomic E-state index is 0.00577. The summed E-state index contributed by atoms with van der Waals surface area (Å²) in [7, 11) is 0. The number of alkyl halides is 2. The van der Waals surface area contributed by atoms with Crippen LogP contribution in [0.5, 0.6) is 5.75 Å². The van der Waals surface area contributed by atoms with Gasteiger partial charge >= 0.3 is 6.61 Å². The Balaban J connectivity index is 1.44. The third-order valence-corrected chi connectivity index (χ3v) is 7.87. The Bertz CT molecular complexity index is 1400. The summed E-state index contributed by atoms with van der Waals surface area (Å²) in [6.45, 7) is -2.55. The molecular formula is C25H20F2N2O3S2. The molecule has 2 heterocycles. The monoisotopic (exact) mass is 498 g/mol. The number of rotatable bonds is 8. The number of benzene rings is 2. The maximum Gasteiger partial charge on any atom is 0.387 e. The molecule has 1 aliphatic carbocycles. The van der Waals surface area contributed by atoms with Crippen LogP contribution in [0.15, 0.2) is 64.5 Å². The first kappa shape index (κ1) is 22.7. The number of aromatic nitrogens is 2. The van der Waals surface area contributed by atoms with Crippen LogP contribution >= 0.6 is 23.1 Å². The summed E-state index contributed by atoms with van der Waals surface area (Å²) in [5.74, 6) is -0.135. The molecule has 0 bridgehead atoms. The van der Waals surface area contributed by atoms with Crippen LogP contribution in [0, 0.1) is 0 Å². The van der Waals surface area contributed by atoms with Gasteiger partial charge in [-0.2, -0.15) is 8.78 Å². The molecule has 9 heteroatoms. The van der Waals surface area contributed by atoms with Crippen LogP contribution in [0.3, 0.4) is 0 Å². The summed E-state index contributed by atoms with van der Waals surface area (Å²) in [6, 6.07) is 15.3. The second kappa shape index (κ2) is 9.68. The number of ketones is 1. The molecule has 0 spiro atoms. The van der Waals surface area contributed by atoms with Crippen molar-refractivity contribution in [3.8, 4) is 5.75 Å². The molecule has 5 rings (SSSR count). The largest absolute Gasteiger partial charge is 0.435 e. The van der Waals surface area contributed by atoms with Gasteiger partial charge in [0.2, 0.25) is 0 Å². The van der Waals surface area contributed by atoms with Crippen molar-refractivity contribution in [2.75, 3.05) is 5.75 Å². The van der Waals surface area contributed by atoms with E-state index in [-0.39, 0.29) is 22.8 Å². The Labute approximate surface area is 202 Å². The first-order valence-electron chi connectivity index (χ1n) is 10.8. The predicted octanol–water partition coefficient (Wildman–Crippen LogP) is 5.57. The zero-order chi connectivity index (χ0) is 23.7. The van der Waals surface area contributed by atoms with Crippen LogP contribution in [0.1, 0.15) is 32.8 Å². The molecule has 0 saturated heterocycles. The summed E-state index contributed by atoms with van der Waals surface area (Å²) < 4.78 is 30.7. The van der Waals surface area contributed by atoms with E-state index in [4.69, 9.17) is 4.98 Å². The van der Waals surface area contributed by atoms with E-state index in [0.717, 1.165) is 35.2 Å². The second-order valence-corrected chi connectivity index (χ2v) is 9.95. The fourth-order valence-electron chi connectivity index (χ4n) is 4.11. The van der Waals surface area contributed by atoms with Crippen LogP contribution in [0.4, 0.5) is 8.78 Å². The van der Waals surface area contributed by atoms with Gasteiger partial charge in [0.15, 0.2) is 10.9 Å². The maximum atomic E-state index is 13.6. The lowest BCUT2D eigenvalue weighted by molar-refractivity contribution is -0.0498. The highest BCUT2D eigenvalue weighted by atomic mass is 32.2. The summed E-state index contributed by atoms with van der Waals surface area (Å²) in [5.41, 5.74) is 2.40. The number of fused-ring (bicyclic) bond motifs is 3. The fourth-order valence-corrected chi connectivity index (χ4v) is 6.31. The Morgan fingerprint density at radius 3 is 2.62 bits per heavy atom. The molecule has 0 unspecified atom stereocenters. The van der Waals surface area contributed by atoms with Crippen LogP contribution < -0.4 is 10.3 Å². The fraction of sp³-hybridized carbons (Fsp3) is 0.240. The Morgan fingerprint density at radius 2 is 1.88 bits per heavy atom. The first-order valence-corrected chi connectivity index (χ1v) is 12.6. The Kier molecular flexibility index (Phi) is 6.47. The van der Waals surface area contributed by atoms with E-state index in [1.54, 1.807) is 15.9 Å². The molecule has 5 nitrogen and oxygen atoms in total. The molecule has 0 N–H and O–H groups in total. The molecule has 174 valence electrons. The highest BCUT2D eigenvalue weighted by molar-refractivity contribution is 7.99. The lowest BCUT2D eigenvalue weighted by Crippen LogP contribution is -2.24. The Morgan fingerprint density at radius 1 is 1.12 bits per heavy atom. The zero-order valence-electron chi connectivity index (χ0n) is 18.0.